The lowest BCUT2D eigenvalue weighted by Gasteiger charge is -2.05. The van der Waals surface area contributed by atoms with Crippen molar-refractivity contribution in [3.05, 3.63) is 34.6 Å². The summed E-state index contributed by atoms with van der Waals surface area (Å²) in [6, 6.07) is 3.78. The number of hydrogen-bond acceptors (Lipinski definition) is 5. The Bertz CT molecular complexity index is 659. The topological polar surface area (TPSA) is 75.1 Å². The number of nitrogens with one attached hydrogen (secondary N) is 1. The van der Waals surface area contributed by atoms with Crippen LogP contribution in [0.2, 0.25) is 5.02 Å². The van der Waals surface area contributed by atoms with Crippen molar-refractivity contribution in [1.82, 2.24) is 9.36 Å². The van der Waals surface area contributed by atoms with Crippen molar-refractivity contribution in [1.29, 1.82) is 0 Å². The SMILES string of the molecule is O=C(O)c1ccc(Nc2nc(C(F)(F)F)ns2)c(Cl)c1. The van der Waals surface area contributed by atoms with Crippen molar-refractivity contribution < 1.29 is 23.1 Å². The van der Waals surface area contributed by atoms with Gasteiger partial charge >= 0.3 is 12.1 Å². The summed E-state index contributed by atoms with van der Waals surface area (Å²) in [4.78, 5) is 14.0. The van der Waals surface area contributed by atoms with E-state index >= 15 is 0 Å². The Morgan fingerprint density at radius 1 is 1.40 bits per heavy atom. The predicted octanol–water partition coefficient (Wildman–Crippen LogP) is 3.65. The van der Waals surface area contributed by atoms with Crippen LogP contribution in [0.3, 0.4) is 0 Å². The van der Waals surface area contributed by atoms with Crippen molar-refractivity contribution in [3.8, 4) is 0 Å². The first-order chi connectivity index (χ1) is 9.27. The van der Waals surface area contributed by atoms with Gasteiger partial charge < -0.3 is 10.4 Å². The quantitative estimate of drug-likeness (QED) is 0.901. The average Bonchev–Trinajstić information content (AvgIpc) is 2.80. The molecule has 0 aliphatic rings. The third-order valence-electron chi connectivity index (χ3n) is 2.14. The minimum absolute atomic E-state index is 0.0335. The molecule has 0 saturated carbocycles. The molecule has 0 spiro atoms. The molecule has 0 amide bonds. The average molecular weight is 324 g/mol. The normalized spacial score (nSPS) is 11.4. The minimum atomic E-state index is -4.62. The zero-order valence-corrected chi connectivity index (χ0v) is 11.0. The molecular formula is C10H5ClF3N3O2S. The fourth-order valence-corrected chi connectivity index (χ4v) is 2.08. The lowest BCUT2D eigenvalue weighted by Crippen LogP contribution is -2.07. The number of carboxylic acids is 1. The highest BCUT2D eigenvalue weighted by Gasteiger charge is 2.36. The minimum Gasteiger partial charge on any atom is -0.478 e. The Morgan fingerprint density at radius 3 is 2.60 bits per heavy atom. The van der Waals surface area contributed by atoms with E-state index < -0.39 is 18.0 Å². The number of carbonyl (C=O) groups is 1. The summed E-state index contributed by atoms with van der Waals surface area (Å²) >= 11 is 6.35. The zero-order valence-electron chi connectivity index (χ0n) is 9.40. The van der Waals surface area contributed by atoms with Gasteiger partial charge in [0.15, 0.2) is 0 Å². The fraction of sp³-hybridized carbons (Fsp3) is 0.100. The van der Waals surface area contributed by atoms with E-state index in [1.807, 2.05) is 0 Å². The maximum absolute atomic E-state index is 12.3. The highest BCUT2D eigenvalue weighted by molar-refractivity contribution is 7.09. The van der Waals surface area contributed by atoms with Crippen LogP contribution in [-0.4, -0.2) is 20.4 Å². The molecule has 0 bridgehead atoms. The van der Waals surface area contributed by atoms with Gasteiger partial charge in [-0.2, -0.15) is 22.5 Å². The van der Waals surface area contributed by atoms with E-state index in [9.17, 15) is 18.0 Å². The summed E-state index contributed by atoms with van der Waals surface area (Å²) in [5.74, 6) is -2.41. The van der Waals surface area contributed by atoms with E-state index in [-0.39, 0.29) is 21.4 Å². The molecule has 106 valence electrons. The van der Waals surface area contributed by atoms with Crippen LogP contribution in [0.5, 0.6) is 0 Å². The number of aromatic nitrogens is 2. The van der Waals surface area contributed by atoms with E-state index in [2.05, 4.69) is 14.7 Å². The van der Waals surface area contributed by atoms with Crippen LogP contribution in [0.25, 0.3) is 0 Å². The zero-order chi connectivity index (χ0) is 14.9. The van der Waals surface area contributed by atoms with Gasteiger partial charge in [-0.3, -0.25) is 0 Å². The summed E-state index contributed by atoms with van der Waals surface area (Å²) in [5, 5.41) is 11.3. The molecule has 2 N–H and O–H groups in total. The van der Waals surface area contributed by atoms with Crippen LogP contribution in [0, 0.1) is 0 Å². The summed E-state index contributed by atoms with van der Waals surface area (Å²) in [5.41, 5.74) is 0.204. The Balaban J connectivity index is 2.22. The predicted molar refractivity (Wildman–Crippen MR) is 66.6 cm³/mol. The molecule has 1 heterocycles. The Morgan fingerprint density at radius 2 is 2.10 bits per heavy atom. The number of halogens is 4. The molecule has 0 fully saturated rings. The van der Waals surface area contributed by atoms with E-state index in [1.54, 1.807) is 0 Å². The number of aromatic carboxylic acids is 1. The first-order valence-electron chi connectivity index (χ1n) is 4.98. The number of alkyl halides is 3. The molecule has 20 heavy (non-hydrogen) atoms. The number of rotatable bonds is 3. The van der Waals surface area contributed by atoms with E-state index in [0.29, 0.717) is 11.5 Å². The van der Waals surface area contributed by atoms with Crippen molar-refractivity contribution in [2.45, 2.75) is 6.18 Å². The molecule has 0 unspecified atom stereocenters. The first-order valence-corrected chi connectivity index (χ1v) is 6.13. The van der Waals surface area contributed by atoms with Crippen molar-refractivity contribution >= 4 is 39.9 Å². The molecule has 1 aromatic heterocycles. The molecule has 0 saturated heterocycles. The molecule has 0 radical (unpaired) electrons. The maximum atomic E-state index is 12.3. The third kappa shape index (κ3) is 3.17. The van der Waals surface area contributed by atoms with Gasteiger partial charge in [-0.1, -0.05) is 11.6 Å². The Hall–Kier alpha value is -1.87. The van der Waals surface area contributed by atoms with Crippen LogP contribution in [-0.2, 0) is 6.18 Å². The lowest BCUT2D eigenvalue weighted by molar-refractivity contribution is -0.144. The fourth-order valence-electron chi connectivity index (χ4n) is 1.25. The van der Waals surface area contributed by atoms with Gasteiger partial charge in [0.1, 0.15) is 0 Å². The Labute approximate surface area is 119 Å². The Kier molecular flexibility index (Phi) is 3.82. The summed E-state index contributed by atoms with van der Waals surface area (Å²) in [6.07, 6.45) is -4.62. The van der Waals surface area contributed by atoms with E-state index in [1.165, 1.54) is 18.2 Å². The number of anilines is 2. The molecular weight excluding hydrogens is 319 g/mol. The first kappa shape index (κ1) is 14.5. The second-order valence-electron chi connectivity index (χ2n) is 3.55. The molecule has 0 aliphatic carbocycles. The molecule has 2 aromatic rings. The highest BCUT2D eigenvalue weighted by Crippen LogP contribution is 2.31. The number of nitrogens with zero attached hydrogens (tertiary/aromatic N) is 2. The summed E-state index contributed by atoms with van der Waals surface area (Å²) in [7, 11) is 0. The monoisotopic (exact) mass is 323 g/mol. The summed E-state index contributed by atoms with van der Waals surface area (Å²) < 4.78 is 40.1. The van der Waals surface area contributed by atoms with Gasteiger partial charge in [0.25, 0.3) is 0 Å². The van der Waals surface area contributed by atoms with Crippen LogP contribution < -0.4 is 5.32 Å². The van der Waals surface area contributed by atoms with Crippen LogP contribution in [0.15, 0.2) is 18.2 Å². The van der Waals surface area contributed by atoms with Gasteiger partial charge in [0, 0.05) is 11.5 Å². The molecule has 0 atom stereocenters. The molecule has 5 nitrogen and oxygen atoms in total. The molecule has 0 aliphatic heterocycles. The highest BCUT2D eigenvalue weighted by atomic mass is 35.5. The van der Waals surface area contributed by atoms with Crippen molar-refractivity contribution in [2.75, 3.05) is 5.32 Å². The van der Waals surface area contributed by atoms with Crippen LogP contribution in [0.1, 0.15) is 16.2 Å². The van der Waals surface area contributed by atoms with Gasteiger partial charge in [0.05, 0.1) is 16.3 Å². The van der Waals surface area contributed by atoms with Crippen LogP contribution in [0.4, 0.5) is 24.0 Å². The molecule has 1 aromatic carbocycles. The number of hydrogen-bond donors (Lipinski definition) is 2. The largest absolute Gasteiger partial charge is 0.478 e. The van der Waals surface area contributed by atoms with E-state index in [4.69, 9.17) is 16.7 Å². The van der Waals surface area contributed by atoms with Crippen molar-refractivity contribution in [2.24, 2.45) is 0 Å². The van der Waals surface area contributed by atoms with E-state index in [0.717, 1.165) is 0 Å². The lowest BCUT2D eigenvalue weighted by atomic mass is 10.2. The molecule has 2 rings (SSSR count). The smallest absolute Gasteiger partial charge is 0.452 e. The van der Waals surface area contributed by atoms with Crippen LogP contribution >= 0.6 is 23.1 Å². The van der Waals surface area contributed by atoms with Gasteiger partial charge in [-0.05, 0) is 18.2 Å². The summed E-state index contributed by atoms with van der Waals surface area (Å²) in [6.45, 7) is 0. The standard InChI is InChI=1S/C10H5ClF3N3O2S/c11-5-3-4(7(18)19)1-2-6(5)15-9-16-8(17-20-9)10(12,13)14/h1-3H,(H,18,19)(H,15,16,17). The van der Waals surface area contributed by atoms with Crippen molar-refractivity contribution in [3.63, 3.8) is 0 Å². The second kappa shape index (κ2) is 5.25. The number of benzene rings is 1. The van der Waals surface area contributed by atoms with Gasteiger partial charge in [0.2, 0.25) is 11.0 Å². The number of carboxylic acid groups (broad SMARTS) is 1. The molecule has 10 heteroatoms. The van der Waals surface area contributed by atoms with Gasteiger partial charge in [-0.25, -0.2) is 4.79 Å². The second-order valence-corrected chi connectivity index (χ2v) is 4.70. The van der Waals surface area contributed by atoms with Gasteiger partial charge in [-0.15, -0.1) is 0 Å². The maximum Gasteiger partial charge on any atom is 0.452 e. The third-order valence-corrected chi connectivity index (χ3v) is 3.08.